The molecule has 4 aromatic rings. The number of nitriles is 1. The van der Waals surface area contributed by atoms with Gasteiger partial charge in [-0.1, -0.05) is 37.6 Å². The van der Waals surface area contributed by atoms with Crippen molar-refractivity contribution in [1.82, 2.24) is 0 Å². The lowest BCUT2D eigenvalue weighted by Crippen LogP contribution is -2.01. The first-order chi connectivity index (χ1) is 18.9. The number of ether oxygens (including phenoxy) is 2. The van der Waals surface area contributed by atoms with Crippen LogP contribution in [0.4, 0.5) is 17.6 Å². The van der Waals surface area contributed by atoms with Crippen LogP contribution in [0.2, 0.25) is 0 Å². The van der Waals surface area contributed by atoms with Gasteiger partial charge in [0.05, 0.1) is 18.3 Å². The Bertz CT molecular complexity index is 1360. The second kappa shape index (κ2) is 15.2. The topological polar surface area (TPSA) is 42.2 Å². The third-order valence-corrected chi connectivity index (χ3v) is 5.72. The Kier molecular flexibility index (Phi) is 11.4. The molecular formula is C32H29F4NO2. The minimum absolute atomic E-state index is 0.0142. The smallest absolute Gasteiger partial charge is 0.130 e. The summed E-state index contributed by atoms with van der Waals surface area (Å²) in [6, 6.07) is 23.8. The number of benzene rings is 4. The van der Waals surface area contributed by atoms with E-state index in [0.29, 0.717) is 45.7 Å². The fourth-order valence-electron chi connectivity index (χ4n) is 3.48. The molecule has 0 N–H and O–H groups in total. The summed E-state index contributed by atoms with van der Waals surface area (Å²) in [7, 11) is 0. The molecule has 0 saturated heterocycles. The van der Waals surface area contributed by atoms with E-state index in [2.05, 4.69) is 0 Å². The Morgan fingerprint density at radius 1 is 0.692 bits per heavy atom. The molecule has 0 aromatic heterocycles. The lowest BCUT2D eigenvalue weighted by Gasteiger charge is -2.10. The molecule has 0 atom stereocenters. The molecule has 4 aromatic carbocycles. The SMILES string of the molecule is CCCCF.N#Cc1ccc(OCc2ccc(Cc3ccc(COc4ccc(F)cc4)c(F)c3)cc2F)cc1. The van der Waals surface area contributed by atoms with Crippen molar-refractivity contribution in [3.05, 3.63) is 130 Å². The standard InChI is InChI=1S/C28H20F3NO2.C4H9F/c29-24-7-11-26(12-8-24)34-18-23-6-2-21(15-28(23)31)13-20-1-5-22(27(30)14-20)17-33-25-9-3-19(16-32)4-10-25;1-2-3-4-5/h1-12,14-15H,13,17-18H2;2-4H2,1H3. The number of halogens is 4. The van der Waals surface area contributed by atoms with E-state index in [1.54, 1.807) is 48.5 Å². The van der Waals surface area contributed by atoms with E-state index in [4.69, 9.17) is 14.7 Å². The van der Waals surface area contributed by atoms with E-state index in [-0.39, 0.29) is 25.7 Å². The predicted octanol–water partition coefficient (Wildman–Crippen LogP) is 8.48. The number of unbranched alkanes of at least 4 members (excludes halogenated alkanes) is 1. The minimum Gasteiger partial charge on any atom is -0.489 e. The Hall–Kier alpha value is -4.31. The molecule has 0 aliphatic rings. The fraction of sp³-hybridized carbons (Fsp3) is 0.219. The largest absolute Gasteiger partial charge is 0.489 e. The van der Waals surface area contributed by atoms with Gasteiger partial charge in [0.15, 0.2) is 0 Å². The van der Waals surface area contributed by atoms with Gasteiger partial charge >= 0.3 is 0 Å². The van der Waals surface area contributed by atoms with Crippen molar-refractivity contribution in [2.24, 2.45) is 0 Å². The first-order valence-corrected chi connectivity index (χ1v) is 12.5. The van der Waals surface area contributed by atoms with Crippen LogP contribution in [0.5, 0.6) is 11.5 Å². The zero-order chi connectivity index (χ0) is 28.0. The molecule has 0 saturated carbocycles. The van der Waals surface area contributed by atoms with Crippen molar-refractivity contribution < 1.29 is 27.0 Å². The average molecular weight is 536 g/mol. The summed E-state index contributed by atoms with van der Waals surface area (Å²) in [4.78, 5) is 0. The van der Waals surface area contributed by atoms with E-state index in [1.807, 2.05) is 13.0 Å². The first kappa shape index (κ1) is 29.2. The maximum Gasteiger partial charge on any atom is 0.130 e. The van der Waals surface area contributed by atoms with Gasteiger partial charge < -0.3 is 9.47 Å². The molecule has 4 rings (SSSR count). The van der Waals surface area contributed by atoms with Crippen LogP contribution in [0.3, 0.4) is 0 Å². The van der Waals surface area contributed by atoms with Crippen molar-refractivity contribution in [2.75, 3.05) is 6.67 Å². The van der Waals surface area contributed by atoms with E-state index >= 15 is 0 Å². The molecule has 0 aliphatic carbocycles. The van der Waals surface area contributed by atoms with Crippen molar-refractivity contribution in [1.29, 1.82) is 5.26 Å². The lowest BCUT2D eigenvalue weighted by atomic mass is 10.0. The van der Waals surface area contributed by atoms with Gasteiger partial charge in [0.1, 0.15) is 42.2 Å². The summed E-state index contributed by atoms with van der Waals surface area (Å²) in [5.41, 5.74) is 2.69. The summed E-state index contributed by atoms with van der Waals surface area (Å²) in [6.07, 6.45) is 2.06. The van der Waals surface area contributed by atoms with Gasteiger partial charge in [0.25, 0.3) is 0 Å². The van der Waals surface area contributed by atoms with Crippen LogP contribution in [-0.2, 0) is 19.6 Å². The Balaban J connectivity index is 0.000000771. The Morgan fingerprint density at radius 2 is 1.18 bits per heavy atom. The van der Waals surface area contributed by atoms with Gasteiger partial charge in [0, 0.05) is 11.1 Å². The zero-order valence-corrected chi connectivity index (χ0v) is 21.6. The van der Waals surface area contributed by atoms with Crippen LogP contribution < -0.4 is 9.47 Å². The van der Waals surface area contributed by atoms with Gasteiger partial charge in [-0.25, -0.2) is 13.2 Å². The van der Waals surface area contributed by atoms with E-state index in [9.17, 15) is 17.6 Å². The summed E-state index contributed by atoms with van der Waals surface area (Å²) >= 11 is 0. The van der Waals surface area contributed by atoms with Crippen LogP contribution in [-0.4, -0.2) is 6.67 Å². The highest BCUT2D eigenvalue weighted by atomic mass is 19.1. The molecule has 0 fully saturated rings. The van der Waals surface area contributed by atoms with Crippen molar-refractivity contribution >= 4 is 0 Å². The number of hydrogen-bond donors (Lipinski definition) is 0. The van der Waals surface area contributed by atoms with Crippen molar-refractivity contribution in [3.63, 3.8) is 0 Å². The van der Waals surface area contributed by atoms with Crippen LogP contribution in [0.1, 0.15) is 47.6 Å². The quantitative estimate of drug-likeness (QED) is 0.191. The molecular weight excluding hydrogens is 506 g/mol. The number of rotatable bonds is 10. The first-order valence-electron chi connectivity index (χ1n) is 12.5. The molecule has 0 radical (unpaired) electrons. The van der Waals surface area contributed by atoms with Gasteiger partial charge in [-0.3, -0.25) is 4.39 Å². The van der Waals surface area contributed by atoms with Crippen LogP contribution in [0.15, 0.2) is 84.9 Å². The van der Waals surface area contributed by atoms with Gasteiger partial charge in [-0.2, -0.15) is 5.26 Å². The fourth-order valence-corrected chi connectivity index (χ4v) is 3.48. The maximum absolute atomic E-state index is 14.6. The predicted molar refractivity (Wildman–Crippen MR) is 143 cm³/mol. The summed E-state index contributed by atoms with van der Waals surface area (Å²) in [5, 5.41) is 8.83. The highest BCUT2D eigenvalue weighted by Gasteiger charge is 2.09. The van der Waals surface area contributed by atoms with Gasteiger partial charge in [-0.05, 0) is 84.6 Å². The number of hydrogen-bond acceptors (Lipinski definition) is 3. The molecule has 0 bridgehead atoms. The lowest BCUT2D eigenvalue weighted by molar-refractivity contribution is 0.299. The second-order valence-corrected chi connectivity index (χ2v) is 8.74. The molecule has 0 amide bonds. The normalized spacial score (nSPS) is 10.3. The molecule has 0 unspecified atom stereocenters. The number of alkyl halides is 1. The van der Waals surface area contributed by atoms with E-state index < -0.39 is 11.6 Å². The average Bonchev–Trinajstić information content (AvgIpc) is 2.94. The van der Waals surface area contributed by atoms with Crippen LogP contribution >= 0.6 is 0 Å². The summed E-state index contributed by atoms with van der Waals surface area (Å²) < 4.78 is 64.1. The molecule has 39 heavy (non-hydrogen) atoms. The van der Waals surface area contributed by atoms with Crippen LogP contribution in [0, 0.1) is 28.8 Å². The van der Waals surface area contributed by atoms with Gasteiger partial charge in [0.2, 0.25) is 0 Å². The van der Waals surface area contributed by atoms with Gasteiger partial charge in [-0.15, -0.1) is 0 Å². The number of nitrogens with zero attached hydrogens (tertiary/aromatic N) is 1. The van der Waals surface area contributed by atoms with E-state index in [0.717, 1.165) is 12.8 Å². The Labute approximate surface area is 226 Å². The molecule has 0 spiro atoms. The molecule has 0 heterocycles. The highest BCUT2D eigenvalue weighted by Crippen LogP contribution is 2.20. The second-order valence-electron chi connectivity index (χ2n) is 8.74. The summed E-state index contributed by atoms with van der Waals surface area (Å²) in [5.74, 6) is -0.209. The zero-order valence-electron chi connectivity index (χ0n) is 21.6. The summed E-state index contributed by atoms with van der Waals surface area (Å²) in [6.45, 7) is 1.88. The third-order valence-electron chi connectivity index (χ3n) is 5.72. The monoisotopic (exact) mass is 535 g/mol. The molecule has 0 aliphatic heterocycles. The van der Waals surface area contributed by atoms with Crippen molar-refractivity contribution in [3.8, 4) is 17.6 Å². The van der Waals surface area contributed by atoms with E-state index in [1.165, 1.54) is 36.4 Å². The molecule has 3 nitrogen and oxygen atoms in total. The van der Waals surface area contributed by atoms with Crippen LogP contribution in [0.25, 0.3) is 0 Å². The Morgan fingerprint density at radius 3 is 1.56 bits per heavy atom. The highest BCUT2D eigenvalue weighted by molar-refractivity contribution is 5.35. The molecule has 202 valence electrons. The minimum atomic E-state index is -0.424. The molecule has 7 heteroatoms. The van der Waals surface area contributed by atoms with Crippen molar-refractivity contribution in [2.45, 2.75) is 39.4 Å². The maximum atomic E-state index is 14.6. The third kappa shape index (κ3) is 9.50.